The highest BCUT2D eigenvalue weighted by molar-refractivity contribution is 6.30. The van der Waals surface area contributed by atoms with Gasteiger partial charge in [-0.25, -0.2) is 0 Å². The van der Waals surface area contributed by atoms with E-state index in [4.69, 9.17) is 11.6 Å². The molecule has 0 saturated heterocycles. The highest BCUT2D eigenvalue weighted by Gasteiger charge is 2.34. The van der Waals surface area contributed by atoms with Gasteiger partial charge in [0.15, 0.2) is 0 Å². The molecule has 0 spiro atoms. The molecule has 0 saturated carbocycles. The van der Waals surface area contributed by atoms with Crippen LogP contribution in [0.25, 0.3) is 0 Å². The van der Waals surface area contributed by atoms with Crippen molar-refractivity contribution in [2.24, 2.45) is 0 Å². The summed E-state index contributed by atoms with van der Waals surface area (Å²) in [5, 5.41) is 3.22. The van der Waals surface area contributed by atoms with Gasteiger partial charge >= 0.3 is 6.18 Å². The van der Waals surface area contributed by atoms with Crippen LogP contribution in [0.2, 0.25) is 5.02 Å². The molecule has 0 bridgehead atoms. The second-order valence-electron chi connectivity index (χ2n) is 6.52. The number of hydrogen-bond donors (Lipinski definition) is 1. The van der Waals surface area contributed by atoms with Crippen LogP contribution in [0, 0.1) is 0 Å². The zero-order valence-corrected chi connectivity index (χ0v) is 15.0. The first-order valence-electron chi connectivity index (χ1n) is 7.80. The molecular weight excluding hydrogens is 369 g/mol. The number of hydrogen-bond acceptors (Lipinski definition) is 2. The van der Waals surface area contributed by atoms with Crippen LogP contribution in [0.3, 0.4) is 0 Å². The first-order valence-corrected chi connectivity index (χ1v) is 8.18. The molecule has 8 heteroatoms. The van der Waals surface area contributed by atoms with E-state index in [0.29, 0.717) is 11.1 Å². The topological polar surface area (TPSA) is 51.1 Å². The maximum absolute atomic E-state index is 12.8. The van der Waals surface area contributed by atoms with Gasteiger partial charge in [0.05, 0.1) is 0 Å². The van der Waals surface area contributed by atoms with Crippen molar-refractivity contribution < 1.29 is 18.0 Å². The number of rotatable bonds is 5. The Morgan fingerprint density at radius 2 is 1.88 bits per heavy atom. The van der Waals surface area contributed by atoms with Crippen LogP contribution in [0.15, 0.2) is 47.4 Å². The third-order valence-corrected chi connectivity index (χ3v) is 4.21. The molecule has 0 aliphatic carbocycles. The second-order valence-corrected chi connectivity index (χ2v) is 6.96. The van der Waals surface area contributed by atoms with Crippen molar-refractivity contribution in [1.29, 1.82) is 0 Å². The van der Waals surface area contributed by atoms with Crippen LogP contribution >= 0.6 is 11.6 Å². The number of carbonyl (C=O) groups excluding carboxylic acids is 1. The molecule has 4 nitrogen and oxygen atoms in total. The van der Waals surface area contributed by atoms with E-state index in [0.717, 1.165) is 22.4 Å². The first kappa shape index (κ1) is 20.0. The van der Waals surface area contributed by atoms with Crippen molar-refractivity contribution >= 4 is 17.5 Å². The van der Waals surface area contributed by atoms with Gasteiger partial charge in [0.25, 0.3) is 5.56 Å². The minimum absolute atomic E-state index is 0.236. The number of nitrogens with one attached hydrogen (secondary N) is 1. The van der Waals surface area contributed by atoms with Crippen molar-refractivity contribution in [1.82, 2.24) is 9.88 Å². The molecule has 0 unspecified atom stereocenters. The Hall–Kier alpha value is -2.28. The molecule has 1 amide bonds. The summed E-state index contributed by atoms with van der Waals surface area (Å²) in [6.45, 7) is 3.54. The zero-order chi connectivity index (χ0) is 19.5. The summed E-state index contributed by atoms with van der Waals surface area (Å²) in [6, 6.07) is 8.97. The lowest BCUT2D eigenvalue weighted by molar-refractivity contribution is -0.139. The summed E-state index contributed by atoms with van der Waals surface area (Å²) >= 11 is 5.97. The molecule has 0 aliphatic rings. The Morgan fingerprint density at radius 3 is 2.50 bits per heavy atom. The third-order valence-electron chi connectivity index (χ3n) is 3.97. The molecule has 140 valence electrons. The van der Waals surface area contributed by atoms with Gasteiger partial charge in [-0.05, 0) is 29.8 Å². The van der Waals surface area contributed by atoms with E-state index in [2.05, 4.69) is 5.32 Å². The molecule has 1 heterocycles. The predicted molar refractivity (Wildman–Crippen MR) is 93.2 cm³/mol. The van der Waals surface area contributed by atoms with Gasteiger partial charge in [0, 0.05) is 23.2 Å². The average Bonchev–Trinajstić information content (AvgIpc) is 2.54. The molecule has 0 atom stereocenters. The van der Waals surface area contributed by atoms with Crippen molar-refractivity contribution in [3.8, 4) is 0 Å². The molecule has 2 rings (SSSR count). The molecule has 0 radical (unpaired) electrons. The van der Waals surface area contributed by atoms with Crippen LogP contribution in [-0.4, -0.2) is 17.0 Å². The maximum atomic E-state index is 12.8. The predicted octanol–water partition coefficient (Wildman–Crippen LogP) is 3.61. The van der Waals surface area contributed by atoms with Gasteiger partial charge in [0.1, 0.15) is 12.1 Å². The van der Waals surface area contributed by atoms with Crippen molar-refractivity contribution in [2.75, 3.05) is 6.54 Å². The van der Waals surface area contributed by atoms with Crippen molar-refractivity contribution in [3.05, 3.63) is 69.1 Å². The van der Waals surface area contributed by atoms with Gasteiger partial charge in [-0.15, -0.1) is 0 Å². The van der Waals surface area contributed by atoms with E-state index in [9.17, 15) is 22.8 Å². The molecule has 1 aromatic carbocycles. The smallest absolute Gasteiger partial charge is 0.354 e. The SMILES string of the molecule is CC(C)(CNC(=O)Cn1cccc(C(F)(F)F)c1=O)c1cccc(Cl)c1. The van der Waals surface area contributed by atoms with Gasteiger partial charge in [-0.3, -0.25) is 9.59 Å². The number of pyridine rings is 1. The van der Waals surface area contributed by atoms with E-state index < -0.39 is 35.2 Å². The minimum Gasteiger partial charge on any atom is -0.354 e. The van der Waals surface area contributed by atoms with E-state index in [1.165, 1.54) is 0 Å². The number of aromatic nitrogens is 1. The standard InChI is InChI=1S/C18H18ClF3N2O2/c1-17(2,12-5-3-6-13(19)9-12)11-23-15(25)10-24-8-4-7-14(16(24)26)18(20,21)22/h3-9H,10-11H2,1-2H3,(H,23,25). The fourth-order valence-electron chi connectivity index (χ4n) is 2.42. The molecule has 1 aromatic heterocycles. The highest BCUT2D eigenvalue weighted by atomic mass is 35.5. The summed E-state index contributed by atoms with van der Waals surface area (Å²) < 4.78 is 39.0. The van der Waals surface area contributed by atoms with E-state index in [1.54, 1.807) is 18.2 Å². The summed E-state index contributed by atoms with van der Waals surface area (Å²) in [4.78, 5) is 24.0. The quantitative estimate of drug-likeness (QED) is 0.853. The third kappa shape index (κ3) is 4.88. The summed E-state index contributed by atoms with van der Waals surface area (Å²) in [5.41, 5.74) is -2.09. The largest absolute Gasteiger partial charge is 0.421 e. The maximum Gasteiger partial charge on any atom is 0.421 e. The lowest BCUT2D eigenvalue weighted by Crippen LogP contribution is -2.40. The summed E-state index contributed by atoms with van der Waals surface area (Å²) in [5.74, 6) is -0.554. The lowest BCUT2D eigenvalue weighted by Gasteiger charge is -2.26. The monoisotopic (exact) mass is 386 g/mol. The van der Waals surface area contributed by atoms with E-state index in [-0.39, 0.29) is 6.54 Å². The molecule has 0 fully saturated rings. The number of amides is 1. The number of benzene rings is 1. The van der Waals surface area contributed by atoms with Crippen LogP contribution in [0.5, 0.6) is 0 Å². The van der Waals surface area contributed by atoms with Gasteiger partial charge in [-0.1, -0.05) is 37.6 Å². The highest BCUT2D eigenvalue weighted by Crippen LogP contribution is 2.26. The van der Waals surface area contributed by atoms with Gasteiger partial charge in [-0.2, -0.15) is 13.2 Å². The van der Waals surface area contributed by atoms with Gasteiger partial charge < -0.3 is 9.88 Å². The normalized spacial score (nSPS) is 12.1. The number of nitrogens with zero attached hydrogens (tertiary/aromatic N) is 1. The van der Waals surface area contributed by atoms with Crippen LogP contribution in [0.4, 0.5) is 13.2 Å². The number of carbonyl (C=O) groups is 1. The van der Waals surface area contributed by atoms with Gasteiger partial charge in [0.2, 0.25) is 5.91 Å². The first-order chi connectivity index (χ1) is 12.0. The molecule has 1 N–H and O–H groups in total. The van der Waals surface area contributed by atoms with E-state index >= 15 is 0 Å². The number of alkyl halides is 3. The lowest BCUT2D eigenvalue weighted by atomic mass is 9.84. The fourth-order valence-corrected chi connectivity index (χ4v) is 2.61. The molecule has 0 aliphatic heterocycles. The number of halogens is 4. The summed E-state index contributed by atoms with van der Waals surface area (Å²) in [7, 11) is 0. The Kier molecular flexibility index (Phi) is 5.81. The zero-order valence-electron chi connectivity index (χ0n) is 14.2. The van der Waals surface area contributed by atoms with Crippen molar-refractivity contribution in [3.63, 3.8) is 0 Å². The summed E-state index contributed by atoms with van der Waals surface area (Å²) in [6.07, 6.45) is -3.61. The minimum atomic E-state index is -4.76. The fraction of sp³-hybridized carbons (Fsp3) is 0.333. The van der Waals surface area contributed by atoms with Crippen LogP contribution in [0.1, 0.15) is 25.0 Å². The Morgan fingerprint density at radius 1 is 1.19 bits per heavy atom. The molecule has 2 aromatic rings. The van der Waals surface area contributed by atoms with E-state index in [1.807, 2.05) is 19.9 Å². The van der Waals surface area contributed by atoms with Crippen LogP contribution < -0.4 is 10.9 Å². The Labute approximate surface area is 153 Å². The molecular formula is C18H18ClF3N2O2. The molecule has 26 heavy (non-hydrogen) atoms. The van der Waals surface area contributed by atoms with Crippen molar-refractivity contribution in [2.45, 2.75) is 32.0 Å². The average molecular weight is 387 g/mol. The van der Waals surface area contributed by atoms with Crippen LogP contribution in [-0.2, 0) is 22.9 Å². The Bertz CT molecular complexity index is 860. The second kappa shape index (κ2) is 7.53. The Balaban J connectivity index is 2.07.